The van der Waals surface area contributed by atoms with Gasteiger partial charge in [-0.05, 0) is 45.2 Å². The minimum atomic E-state index is 0.102. The third-order valence-corrected chi connectivity index (χ3v) is 4.52. The molecule has 3 aliphatic rings. The molecule has 3 fully saturated rings. The Hall–Kier alpha value is -0.610. The second-order valence-corrected chi connectivity index (χ2v) is 5.63. The Kier molecular flexibility index (Phi) is 3.34. The number of amides is 1. The van der Waals surface area contributed by atoms with Crippen LogP contribution in [0.3, 0.4) is 0 Å². The lowest BCUT2D eigenvalue weighted by atomic mass is 10.0. The van der Waals surface area contributed by atoms with Crippen molar-refractivity contribution in [2.75, 3.05) is 19.6 Å². The van der Waals surface area contributed by atoms with Crippen molar-refractivity contribution in [3.63, 3.8) is 0 Å². The lowest BCUT2D eigenvalue weighted by molar-refractivity contribution is -0.136. The van der Waals surface area contributed by atoms with Gasteiger partial charge in [-0.3, -0.25) is 4.79 Å². The number of nitrogens with one attached hydrogen (secondary N) is 2. The molecule has 0 aliphatic carbocycles. The monoisotopic (exact) mass is 237 g/mol. The lowest BCUT2D eigenvalue weighted by Gasteiger charge is -2.33. The SMILES string of the molecule is O=C([C@H]1CCCCN1)N1C2CCNCC1CC2. The van der Waals surface area contributed by atoms with E-state index in [0.29, 0.717) is 18.0 Å². The standard InChI is InChI=1S/C13H23N3O/c17-13(12-3-1-2-7-15-12)16-10-4-5-11(16)9-14-8-6-10/h10-12,14-15H,1-9H2/t10?,11?,12-/m1/s1. The molecule has 0 spiro atoms. The fourth-order valence-electron chi connectivity index (χ4n) is 3.58. The van der Waals surface area contributed by atoms with Gasteiger partial charge in [0.2, 0.25) is 5.91 Å². The summed E-state index contributed by atoms with van der Waals surface area (Å²) in [4.78, 5) is 14.8. The van der Waals surface area contributed by atoms with Gasteiger partial charge in [-0.2, -0.15) is 0 Å². The van der Waals surface area contributed by atoms with E-state index in [1.165, 1.54) is 25.7 Å². The molecule has 2 N–H and O–H groups in total. The molecule has 3 rings (SSSR count). The molecule has 96 valence electrons. The van der Waals surface area contributed by atoms with Crippen LogP contribution in [0, 0.1) is 0 Å². The van der Waals surface area contributed by atoms with Gasteiger partial charge in [0.05, 0.1) is 6.04 Å². The zero-order chi connectivity index (χ0) is 11.7. The van der Waals surface area contributed by atoms with E-state index in [1.54, 1.807) is 0 Å². The largest absolute Gasteiger partial charge is 0.334 e. The number of hydrogen-bond donors (Lipinski definition) is 2. The minimum absolute atomic E-state index is 0.102. The van der Waals surface area contributed by atoms with Gasteiger partial charge < -0.3 is 15.5 Å². The zero-order valence-corrected chi connectivity index (χ0v) is 10.5. The number of fused-ring (bicyclic) bond motifs is 2. The minimum Gasteiger partial charge on any atom is -0.334 e. The average molecular weight is 237 g/mol. The molecule has 3 saturated heterocycles. The third-order valence-electron chi connectivity index (χ3n) is 4.52. The molecule has 4 nitrogen and oxygen atoms in total. The molecule has 4 heteroatoms. The Morgan fingerprint density at radius 3 is 2.71 bits per heavy atom. The van der Waals surface area contributed by atoms with E-state index >= 15 is 0 Å². The highest BCUT2D eigenvalue weighted by molar-refractivity contribution is 5.83. The summed E-state index contributed by atoms with van der Waals surface area (Å²) >= 11 is 0. The van der Waals surface area contributed by atoms with Gasteiger partial charge in [-0.1, -0.05) is 6.42 Å². The highest BCUT2D eigenvalue weighted by Gasteiger charge is 2.40. The first-order chi connectivity index (χ1) is 8.36. The Balaban J connectivity index is 1.71. The van der Waals surface area contributed by atoms with E-state index in [4.69, 9.17) is 0 Å². The van der Waals surface area contributed by atoms with Gasteiger partial charge in [0.1, 0.15) is 0 Å². The third kappa shape index (κ3) is 2.20. The van der Waals surface area contributed by atoms with Crippen LogP contribution >= 0.6 is 0 Å². The number of carbonyl (C=O) groups is 1. The molecular formula is C13H23N3O. The van der Waals surface area contributed by atoms with Crippen molar-refractivity contribution in [3.8, 4) is 0 Å². The molecule has 2 bridgehead atoms. The smallest absolute Gasteiger partial charge is 0.240 e. The molecule has 3 atom stereocenters. The summed E-state index contributed by atoms with van der Waals surface area (Å²) in [5.41, 5.74) is 0. The summed E-state index contributed by atoms with van der Waals surface area (Å²) in [7, 11) is 0. The van der Waals surface area contributed by atoms with Gasteiger partial charge in [0.25, 0.3) is 0 Å². The van der Waals surface area contributed by atoms with Crippen molar-refractivity contribution in [1.82, 2.24) is 15.5 Å². The number of nitrogens with zero attached hydrogens (tertiary/aromatic N) is 1. The van der Waals surface area contributed by atoms with Crippen molar-refractivity contribution in [2.24, 2.45) is 0 Å². The number of hydrogen-bond acceptors (Lipinski definition) is 3. The first-order valence-electron chi connectivity index (χ1n) is 7.12. The Bertz CT molecular complexity index is 274. The number of piperidine rings is 1. The molecule has 0 aromatic carbocycles. The fraction of sp³-hybridized carbons (Fsp3) is 0.923. The van der Waals surface area contributed by atoms with E-state index < -0.39 is 0 Å². The summed E-state index contributed by atoms with van der Waals surface area (Å²) in [5.74, 6) is 0.376. The second-order valence-electron chi connectivity index (χ2n) is 5.63. The maximum absolute atomic E-state index is 12.6. The summed E-state index contributed by atoms with van der Waals surface area (Å²) in [5, 5.41) is 6.85. The maximum atomic E-state index is 12.6. The van der Waals surface area contributed by atoms with Crippen molar-refractivity contribution in [1.29, 1.82) is 0 Å². The Morgan fingerprint density at radius 1 is 1.00 bits per heavy atom. The van der Waals surface area contributed by atoms with Gasteiger partial charge in [0, 0.05) is 18.6 Å². The van der Waals surface area contributed by atoms with Crippen LogP contribution < -0.4 is 10.6 Å². The number of rotatable bonds is 1. The van der Waals surface area contributed by atoms with Crippen molar-refractivity contribution < 1.29 is 4.79 Å². The first-order valence-corrected chi connectivity index (χ1v) is 7.12. The van der Waals surface area contributed by atoms with Crippen LogP contribution in [0.4, 0.5) is 0 Å². The van der Waals surface area contributed by atoms with E-state index in [1.807, 2.05) is 0 Å². The molecule has 17 heavy (non-hydrogen) atoms. The molecule has 3 aliphatic heterocycles. The molecule has 1 amide bonds. The molecule has 0 saturated carbocycles. The van der Waals surface area contributed by atoms with Crippen LogP contribution in [0.1, 0.15) is 38.5 Å². The highest BCUT2D eigenvalue weighted by atomic mass is 16.2. The van der Waals surface area contributed by atoms with Crippen LogP contribution in [-0.2, 0) is 4.79 Å². The molecule has 2 unspecified atom stereocenters. The van der Waals surface area contributed by atoms with E-state index in [9.17, 15) is 4.79 Å². The van der Waals surface area contributed by atoms with E-state index in [2.05, 4.69) is 15.5 Å². The average Bonchev–Trinajstić information content (AvgIpc) is 2.63. The first kappa shape index (κ1) is 11.5. The number of carbonyl (C=O) groups excluding carboxylic acids is 1. The van der Waals surface area contributed by atoms with Crippen LogP contribution in [0.2, 0.25) is 0 Å². The molecule has 0 aromatic rings. The lowest BCUT2D eigenvalue weighted by Crippen LogP contribution is -2.53. The highest BCUT2D eigenvalue weighted by Crippen LogP contribution is 2.29. The predicted octanol–water partition coefficient (Wildman–Crippen LogP) is 0.481. The summed E-state index contributed by atoms with van der Waals surface area (Å²) in [6, 6.07) is 1.06. The molecule has 3 heterocycles. The van der Waals surface area contributed by atoms with Crippen LogP contribution in [0.15, 0.2) is 0 Å². The zero-order valence-electron chi connectivity index (χ0n) is 10.5. The maximum Gasteiger partial charge on any atom is 0.240 e. The fourth-order valence-corrected chi connectivity index (χ4v) is 3.58. The van der Waals surface area contributed by atoms with Gasteiger partial charge in [0.15, 0.2) is 0 Å². The quantitative estimate of drug-likeness (QED) is 0.697. The normalized spacial score (nSPS) is 37.9. The van der Waals surface area contributed by atoms with Crippen molar-refractivity contribution in [2.45, 2.75) is 56.7 Å². The van der Waals surface area contributed by atoms with Crippen LogP contribution in [-0.4, -0.2) is 48.6 Å². The summed E-state index contributed by atoms with van der Waals surface area (Å²) in [6.07, 6.45) is 6.99. The van der Waals surface area contributed by atoms with Gasteiger partial charge in [-0.25, -0.2) is 0 Å². The van der Waals surface area contributed by atoms with E-state index in [-0.39, 0.29) is 6.04 Å². The molecular weight excluding hydrogens is 214 g/mol. The van der Waals surface area contributed by atoms with Crippen molar-refractivity contribution >= 4 is 5.91 Å². The topological polar surface area (TPSA) is 44.4 Å². The van der Waals surface area contributed by atoms with Gasteiger partial charge in [-0.15, -0.1) is 0 Å². The van der Waals surface area contributed by atoms with Crippen LogP contribution in [0.5, 0.6) is 0 Å². The summed E-state index contributed by atoms with van der Waals surface area (Å²) < 4.78 is 0. The van der Waals surface area contributed by atoms with Crippen LogP contribution in [0.25, 0.3) is 0 Å². The molecule has 0 aromatic heterocycles. The predicted molar refractivity (Wildman–Crippen MR) is 66.8 cm³/mol. The van der Waals surface area contributed by atoms with Crippen molar-refractivity contribution in [3.05, 3.63) is 0 Å². The molecule has 0 radical (unpaired) electrons. The summed E-state index contributed by atoms with van der Waals surface area (Å²) in [6.45, 7) is 3.08. The van der Waals surface area contributed by atoms with E-state index in [0.717, 1.165) is 32.5 Å². The van der Waals surface area contributed by atoms with Gasteiger partial charge >= 0.3 is 0 Å². The Morgan fingerprint density at radius 2 is 1.88 bits per heavy atom. The second kappa shape index (κ2) is 4.94. The Labute approximate surface area is 103 Å².